The van der Waals surface area contributed by atoms with E-state index in [2.05, 4.69) is 21.3 Å². The standard InChI is InChI=1S/C2H7N5/c3-7-6-2-4-1-5-2/h7H,1,3H2,(H2,4,5,6). The zero-order chi connectivity index (χ0) is 5.11. The maximum absolute atomic E-state index is 4.86. The number of nitrogens with two attached hydrogens (primary N) is 1. The van der Waals surface area contributed by atoms with Gasteiger partial charge in [-0.15, -0.1) is 0 Å². The molecule has 0 atom stereocenters. The Hall–Kier alpha value is -0.810. The fourth-order valence-corrected chi connectivity index (χ4v) is 0.310. The third kappa shape index (κ3) is 0.787. The molecule has 0 radical (unpaired) electrons. The largest absolute Gasteiger partial charge is 0.336 e. The van der Waals surface area contributed by atoms with E-state index in [9.17, 15) is 0 Å². The molecule has 0 aromatic heterocycles. The number of hydrogen-bond donors (Lipinski definition) is 4. The summed E-state index contributed by atoms with van der Waals surface area (Å²) in [6.07, 6.45) is 0. The van der Waals surface area contributed by atoms with E-state index in [1.54, 1.807) is 0 Å². The molecular formula is C2H7N5. The molecule has 0 aromatic carbocycles. The van der Waals surface area contributed by atoms with Gasteiger partial charge in [-0.05, 0) is 0 Å². The van der Waals surface area contributed by atoms with Gasteiger partial charge < -0.3 is 5.32 Å². The van der Waals surface area contributed by atoms with Crippen molar-refractivity contribution in [3.8, 4) is 0 Å². The molecule has 1 heterocycles. The first kappa shape index (κ1) is 4.35. The highest BCUT2D eigenvalue weighted by atomic mass is 15.6. The van der Waals surface area contributed by atoms with Crippen molar-refractivity contribution >= 4 is 5.96 Å². The summed E-state index contributed by atoms with van der Waals surface area (Å²) in [5.74, 6) is 5.55. The third-order valence-corrected chi connectivity index (χ3v) is 0.674. The predicted octanol–water partition coefficient (Wildman–Crippen LogP) is -2.13. The molecule has 0 saturated heterocycles. The fourth-order valence-electron chi connectivity index (χ4n) is 0.310. The van der Waals surface area contributed by atoms with Gasteiger partial charge in [0.05, 0.1) is 0 Å². The Kier molecular flexibility index (Phi) is 1.10. The van der Waals surface area contributed by atoms with Gasteiger partial charge in [-0.2, -0.15) is 5.53 Å². The van der Waals surface area contributed by atoms with Crippen LogP contribution in [0.4, 0.5) is 0 Å². The molecule has 5 N–H and O–H groups in total. The van der Waals surface area contributed by atoms with Crippen molar-refractivity contribution in [1.82, 2.24) is 16.3 Å². The minimum absolute atomic E-state index is 0.685. The number of rotatable bonds is 1. The van der Waals surface area contributed by atoms with Crippen LogP contribution in [-0.2, 0) is 0 Å². The van der Waals surface area contributed by atoms with Crippen LogP contribution in [0.25, 0.3) is 0 Å². The molecule has 0 fully saturated rings. The Labute approximate surface area is 40.9 Å². The molecule has 0 bridgehead atoms. The van der Waals surface area contributed by atoms with Crippen LogP contribution in [0.2, 0.25) is 0 Å². The molecule has 0 aromatic rings. The van der Waals surface area contributed by atoms with Crippen molar-refractivity contribution in [2.45, 2.75) is 0 Å². The van der Waals surface area contributed by atoms with Crippen molar-refractivity contribution < 1.29 is 0 Å². The molecule has 0 amide bonds. The Balaban J connectivity index is 2.15. The minimum atomic E-state index is 0.685. The lowest BCUT2D eigenvalue weighted by Crippen LogP contribution is -2.53. The fraction of sp³-hybridized carbons (Fsp3) is 0.500. The quantitative estimate of drug-likeness (QED) is 0.225. The summed E-state index contributed by atoms with van der Waals surface area (Å²) < 4.78 is 0. The topological polar surface area (TPSA) is 74.5 Å². The van der Waals surface area contributed by atoms with Crippen molar-refractivity contribution in [2.75, 3.05) is 6.67 Å². The maximum Gasteiger partial charge on any atom is 0.210 e. The number of guanidine groups is 1. The van der Waals surface area contributed by atoms with Gasteiger partial charge in [-0.25, -0.2) is 4.99 Å². The van der Waals surface area contributed by atoms with Crippen LogP contribution >= 0.6 is 0 Å². The van der Waals surface area contributed by atoms with Crippen LogP contribution in [0.5, 0.6) is 0 Å². The average Bonchev–Trinajstić information content (AvgIpc) is 1.55. The monoisotopic (exact) mass is 101 g/mol. The Morgan fingerprint density at radius 1 is 1.86 bits per heavy atom. The lowest BCUT2D eigenvalue weighted by Gasteiger charge is -2.15. The lowest BCUT2D eigenvalue weighted by molar-refractivity contribution is 0.638. The number of nitrogens with one attached hydrogen (secondary N) is 3. The lowest BCUT2D eigenvalue weighted by atomic mass is 10.8. The molecule has 1 rings (SSSR count). The Morgan fingerprint density at radius 3 is 2.71 bits per heavy atom. The molecule has 7 heavy (non-hydrogen) atoms. The van der Waals surface area contributed by atoms with Crippen LogP contribution in [0.1, 0.15) is 0 Å². The van der Waals surface area contributed by atoms with Crippen LogP contribution in [0, 0.1) is 0 Å². The number of hydrazine groups is 2. The van der Waals surface area contributed by atoms with Crippen LogP contribution in [0.3, 0.4) is 0 Å². The van der Waals surface area contributed by atoms with Crippen molar-refractivity contribution in [3.05, 3.63) is 0 Å². The van der Waals surface area contributed by atoms with Crippen molar-refractivity contribution in [1.29, 1.82) is 0 Å². The van der Waals surface area contributed by atoms with Gasteiger partial charge in [0.25, 0.3) is 0 Å². The molecular weight excluding hydrogens is 94.1 g/mol. The molecule has 0 unspecified atom stereocenters. The number of aliphatic imine (C=N–C) groups is 1. The second-order valence-corrected chi connectivity index (χ2v) is 1.11. The van der Waals surface area contributed by atoms with E-state index in [-0.39, 0.29) is 0 Å². The number of nitrogens with zero attached hydrogens (tertiary/aromatic N) is 1. The molecule has 0 spiro atoms. The third-order valence-electron chi connectivity index (χ3n) is 0.674. The predicted molar refractivity (Wildman–Crippen MR) is 25.9 cm³/mol. The van der Waals surface area contributed by atoms with Crippen molar-refractivity contribution in [2.24, 2.45) is 10.8 Å². The summed E-state index contributed by atoms with van der Waals surface area (Å²) in [7, 11) is 0. The van der Waals surface area contributed by atoms with E-state index in [1.165, 1.54) is 0 Å². The van der Waals surface area contributed by atoms with Crippen LogP contribution in [0.15, 0.2) is 4.99 Å². The Bertz CT molecular complexity index is 86.1. The van der Waals surface area contributed by atoms with E-state index in [4.69, 9.17) is 5.84 Å². The molecule has 1 aliphatic rings. The van der Waals surface area contributed by atoms with Gasteiger partial charge >= 0.3 is 0 Å². The second-order valence-electron chi connectivity index (χ2n) is 1.11. The number of hydrogen-bond acceptors (Lipinski definition) is 5. The zero-order valence-electron chi connectivity index (χ0n) is 3.73. The highest BCUT2D eigenvalue weighted by Crippen LogP contribution is 1.76. The minimum Gasteiger partial charge on any atom is -0.336 e. The van der Waals surface area contributed by atoms with Gasteiger partial charge in [0.1, 0.15) is 6.67 Å². The van der Waals surface area contributed by atoms with E-state index >= 15 is 0 Å². The first-order valence-corrected chi connectivity index (χ1v) is 1.93. The maximum atomic E-state index is 4.86. The summed E-state index contributed by atoms with van der Waals surface area (Å²) in [6.45, 7) is 0.685. The average molecular weight is 101 g/mol. The van der Waals surface area contributed by atoms with Gasteiger partial charge in [0.15, 0.2) is 0 Å². The van der Waals surface area contributed by atoms with Gasteiger partial charge in [0.2, 0.25) is 5.96 Å². The van der Waals surface area contributed by atoms with Gasteiger partial charge in [-0.1, -0.05) is 0 Å². The first-order valence-electron chi connectivity index (χ1n) is 1.93. The second kappa shape index (κ2) is 1.76. The van der Waals surface area contributed by atoms with Gasteiger partial charge in [0, 0.05) is 0 Å². The van der Waals surface area contributed by atoms with Gasteiger partial charge in [-0.3, -0.25) is 11.3 Å². The normalized spacial score (nSPS) is 16.4. The highest BCUT2D eigenvalue weighted by molar-refractivity contribution is 5.82. The zero-order valence-corrected chi connectivity index (χ0v) is 3.73. The molecule has 5 heteroatoms. The molecule has 5 nitrogen and oxygen atoms in total. The van der Waals surface area contributed by atoms with E-state index in [1.807, 2.05) is 0 Å². The summed E-state index contributed by atoms with van der Waals surface area (Å²) in [4.78, 5) is 3.81. The molecule has 0 aliphatic carbocycles. The van der Waals surface area contributed by atoms with E-state index in [0.29, 0.717) is 12.6 Å². The van der Waals surface area contributed by atoms with Crippen LogP contribution < -0.4 is 22.1 Å². The smallest absolute Gasteiger partial charge is 0.210 e. The molecule has 0 saturated carbocycles. The van der Waals surface area contributed by atoms with Crippen LogP contribution in [-0.4, -0.2) is 12.6 Å². The summed E-state index contributed by atoms with van der Waals surface area (Å²) in [5, 5.41) is 2.84. The Morgan fingerprint density at radius 2 is 2.57 bits per heavy atom. The van der Waals surface area contributed by atoms with E-state index < -0.39 is 0 Å². The van der Waals surface area contributed by atoms with E-state index in [0.717, 1.165) is 0 Å². The first-order chi connectivity index (χ1) is 3.43. The highest BCUT2D eigenvalue weighted by Gasteiger charge is 2.00. The SMILES string of the molecule is NNNC1=NCN1. The summed E-state index contributed by atoms with van der Waals surface area (Å²) in [6, 6.07) is 0. The summed E-state index contributed by atoms with van der Waals surface area (Å²) >= 11 is 0. The molecule has 40 valence electrons. The molecule has 1 aliphatic heterocycles. The summed E-state index contributed by atoms with van der Waals surface area (Å²) in [5.41, 5.74) is 4.77. The van der Waals surface area contributed by atoms with Crippen molar-refractivity contribution in [3.63, 3.8) is 0 Å².